The Balaban J connectivity index is 1.54. The Labute approximate surface area is 180 Å². The van der Waals surface area contributed by atoms with Crippen molar-refractivity contribution < 1.29 is 9.53 Å². The Hall–Kier alpha value is -2.63. The predicted octanol–water partition coefficient (Wildman–Crippen LogP) is 6.03. The quantitative estimate of drug-likeness (QED) is 0.360. The SMILES string of the molecule is CCCN1C(=O)/C(=C\c2ccccc2OCc2ccc3ccccc3c2)SC1=S. The molecule has 0 bridgehead atoms. The van der Waals surface area contributed by atoms with E-state index in [1.54, 1.807) is 4.90 Å². The van der Waals surface area contributed by atoms with Gasteiger partial charge in [0.2, 0.25) is 0 Å². The molecule has 1 aliphatic rings. The van der Waals surface area contributed by atoms with Crippen LogP contribution in [0.3, 0.4) is 0 Å². The molecule has 0 spiro atoms. The molecule has 5 heteroatoms. The van der Waals surface area contributed by atoms with Gasteiger partial charge in [0.1, 0.15) is 16.7 Å². The third kappa shape index (κ3) is 4.36. The first kappa shape index (κ1) is 19.7. The van der Waals surface area contributed by atoms with Gasteiger partial charge >= 0.3 is 0 Å². The number of para-hydroxylation sites is 1. The molecule has 1 fully saturated rings. The van der Waals surface area contributed by atoms with Crippen molar-refractivity contribution >= 4 is 51.1 Å². The van der Waals surface area contributed by atoms with Gasteiger partial charge in [-0.25, -0.2) is 0 Å². The molecule has 4 rings (SSSR count). The summed E-state index contributed by atoms with van der Waals surface area (Å²) >= 11 is 6.71. The Morgan fingerprint density at radius 1 is 1.03 bits per heavy atom. The van der Waals surface area contributed by atoms with Crippen LogP contribution >= 0.6 is 24.0 Å². The van der Waals surface area contributed by atoms with E-state index < -0.39 is 0 Å². The summed E-state index contributed by atoms with van der Waals surface area (Å²) in [4.78, 5) is 14.9. The van der Waals surface area contributed by atoms with Crippen molar-refractivity contribution in [1.29, 1.82) is 0 Å². The fourth-order valence-electron chi connectivity index (χ4n) is 3.28. The highest BCUT2D eigenvalue weighted by molar-refractivity contribution is 8.26. The van der Waals surface area contributed by atoms with E-state index in [-0.39, 0.29) is 5.91 Å². The van der Waals surface area contributed by atoms with Crippen LogP contribution in [-0.2, 0) is 11.4 Å². The van der Waals surface area contributed by atoms with Crippen molar-refractivity contribution in [3.8, 4) is 5.75 Å². The van der Waals surface area contributed by atoms with Gasteiger partial charge in [0.05, 0.1) is 4.91 Å². The molecule has 146 valence electrons. The van der Waals surface area contributed by atoms with Crippen molar-refractivity contribution in [2.75, 3.05) is 6.54 Å². The maximum atomic E-state index is 12.6. The van der Waals surface area contributed by atoms with Crippen molar-refractivity contribution in [2.24, 2.45) is 0 Å². The average Bonchev–Trinajstić information content (AvgIpc) is 3.01. The first-order valence-corrected chi connectivity index (χ1v) is 10.8. The van der Waals surface area contributed by atoms with Crippen molar-refractivity contribution in [2.45, 2.75) is 20.0 Å². The van der Waals surface area contributed by atoms with Crippen LogP contribution in [-0.4, -0.2) is 21.7 Å². The van der Waals surface area contributed by atoms with Crippen LogP contribution in [0.2, 0.25) is 0 Å². The molecule has 3 nitrogen and oxygen atoms in total. The summed E-state index contributed by atoms with van der Waals surface area (Å²) in [5, 5.41) is 2.41. The molecule has 0 aromatic heterocycles. The van der Waals surface area contributed by atoms with Gasteiger partial charge in [-0.3, -0.25) is 9.69 Å². The Kier molecular flexibility index (Phi) is 5.97. The van der Waals surface area contributed by atoms with Crippen LogP contribution in [0.25, 0.3) is 16.8 Å². The summed E-state index contributed by atoms with van der Waals surface area (Å²) in [6, 6.07) is 22.4. The number of amides is 1. The zero-order valence-corrected chi connectivity index (χ0v) is 17.8. The summed E-state index contributed by atoms with van der Waals surface area (Å²) in [6.45, 7) is 3.16. The maximum absolute atomic E-state index is 12.6. The summed E-state index contributed by atoms with van der Waals surface area (Å²) in [5.41, 5.74) is 1.98. The molecule has 1 amide bonds. The minimum absolute atomic E-state index is 0.0221. The van der Waals surface area contributed by atoms with Gasteiger partial charge in [-0.15, -0.1) is 0 Å². The van der Waals surface area contributed by atoms with Crippen molar-refractivity contribution in [3.05, 3.63) is 82.8 Å². The van der Waals surface area contributed by atoms with Crippen molar-refractivity contribution in [1.82, 2.24) is 4.90 Å². The van der Waals surface area contributed by atoms with Crippen LogP contribution in [0.4, 0.5) is 0 Å². The third-order valence-electron chi connectivity index (χ3n) is 4.73. The molecule has 0 saturated carbocycles. The Bertz CT molecular complexity index is 1110. The topological polar surface area (TPSA) is 29.5 Å². The fourth-order valence-corrected chi connectivity index (χ4v) is 4.58. The highest BCUT2D eigenvalue weighted by Crippen LogP contribution is 2.34. The van der Waals surface area contributed by atoms with Gasteiger partial charge in [-0.1, -0.05) is 85.5 Å². The standard InChI is InChI=1S/C24H21NO2S2/c1-2-13-25-23(26)22(29-24(25)28)15-20-9-5-6-10-21(20)27-16-17-11-12-18-7-3-4-8-19(18)14-17/h3-12,14-15H,2,13,16H2,1H3/b22-15+. The van der Waals surface area contributed by atoms with Crippen LogP contribution in [0.5, 0.6) is 5.75 Å². The van der Waals surface area contributed by atoms with E-state index in [0.717, 1.165) is 23.3 Å². The molecule has 0 radical (unpaired) electrons. The number of carbonyl (C=O) groups is 1. The molecule has 3 aromatic rings. The van der Waals surface area contributed by atoms with Crippen LogP contribution < -0.4 is 4.74 Å². The molecular formula is C24H21NO2S2. The van der Waals surface area contributed by atoms with Gasteiger partial charge in [-0.2, -0.15) is 0 Å². The third-order valence-corrected chi connectivity index (χ3v) is 6.11. The summed E-state index contributed by atoms with van der Waals surface area (Å²) in [6.07, 6.45) is 2.76. The zero-order chi connectivity index (χ0) is 20.2. The van der Waals surface area contributed by atoms with Gasteiger partial charge in [0, 0.05) is 12.1 Å². The van der Waals surface area contributed by atoms with E-state index in [0.29, 0.717) is 22.4 Å². The summed E-state index contributed by atoms with van der Waals surface area (Å²) in [5.74, 6) is 0.729. The number of ether oxygens (including phenoxy) is 1. The van der Waals surface area contributed by atoms with Crippen LogP contribution in [0.15, 0.2) is 71.6 Å². The van der Waals surface area contributed by atoms with Crippen LogP contribution in [0.1, 0.15) is 24.5 Å². The smallest absolute Gasteiger partial charge is 0.266 e. The number of thioether (sulfide) groups is 1. The number of hydrogen-bond acceptors (Lipinski definition) is 4. The van der Waals surface area contributed by atoms with Crippen molar-refractivity contribution in [3.63, 3.8) is 0 Å². The number of carbonyl (C=O) groups excluding carboxylic acids is 1. The lowest BCUT2D eigenvalue weighted by Crippen LogP contribution is -2.28. The minimum Gasteiger partial charge on any atom is -0.488 e. The minimum atomic E-state index is -0.0221. The molecule has 0 N–H and O–H groups in total. The highest BCUT2D eigenvalue weighted by atomic mass is 32.2. The summed E-state index contributed by atoms with van der Waals surface area (Å²) < 4.78 is 6.73. The zero-order valence-electron chi connectivity index (χ0n) is 16.1. The molecular weight excluding hydrogens is 398 g/mol. The van der Waals surface area contributed by atoms with E-state index in [4.69, 9.17) is 17.0 Å². The second-order valence-electron chi connectivity index (χ2n) is 6.84. The normalized spacial score (nSPS) is 15.5. The van der Waals surface area contributed by atoms with Gasteiger partial charge in [-0.05, 0) is 41.0 Å². The molecule has 0 aliphatic carbocycles. The van der Waals surface area contributed by atoms with Gasteiger partial charge in [0.25, 0.3) is 5.91 Å². The number of benzene rings is 3. The second-order valence-corrected chi connectivity index (χ2v) is 8.52. The van der Waals surface area contributed by atoms with E-state index in [9.17, 15) is 4.79 Å². The first-order chi connectivity index (χ1) is 14.2. The lowest BCUT2D eigenvalue weighted by Gasteiger charge is -2.12. The molecule has 0 atom stereocenters. The molecule has 29 heavy (non-hydrogen) atoms. The molecule has 1 heterocycles. The Morgan fingerprint density at radius 3 is 2.62 bits per heavy atom. The molecule has 1 aliphatic heterocycles. The number of nitrogens with zero attached hydrogens (tertiary/aromatic N) is 1. The average molecular weight is 420 g/mol. The molecule has 0 unspecified atom stereocenters. The fraction of sp³-hybridized carbons (Fsp3) is 0.167. The number of thiocarbonyl (C=S) groups is 1. The molecule has 1 saturated heterocycles. The van der Waals surface area contributed by atoms with Gasteiger partial charge < -0.3 is 4.74 Å². The summed E-state index contributed by atoms with van der Waals surface area (Å²) in [7, 11) is 0. The number of hydrogen-bond donors (Lipinski definition) is 0. The Morgan fingerprint density at radius 2 is 1.79 bits per heavy atom. The maximum Gasteiger partial charge on any atom is 0.266 e. The second kappa shape index (κ2) is 8.80. The monoisotopic (exact) mass is 419 g/mol. The number of rotatable bonds is 6. The largest absolute Gasteiger partial charge is 0.488 e. The predicted molar refractivity (Wildman–Crippen MR) is 125 cm³/mol. The van der Waals surface area contributed by atoms with E-state index in [1.165, 1.54) is 22.5 Å². The lowest BCUT2D eigenvalue weighted by molar-refractivity contribution is -0.122. The van der Waals surface area contributed by atoms with Gasteiger partial charge in [0.15, 0.2) is 0 Å². The highest BCUT2D eigenvalue weighted by Gasteiger charge is 2.31. The van der Waals surface area contributed by atoms with E-state index in [1.807, 2.05) is 49.4 Å². The first-order valence-electron chi connectivity index (χ1n) is 9.60. The van der Waals surface area contributed by atoms with Crippen LogP contribution in [0, 0.1) is 0 Å². The van der Waals surface area contributed by atoms with E-state index >= 15 is 0 Å². The molecule has 3 aromatic carbocycles. The lowest BCUT2D eigenvalue weighted by atomic mass is 10.1. The van der Waals surface area contributed by atoms with E-state index in [2.05, 4.69) is 30.3 Å². The number of fused-ring (bicyclic) bond motifs is 1.